The van der Waals surface area contributed by atoms with Gasteiger partial charge in [0.25, 0.3) is 0 Å². The molecule has 1 fully saturated rings. The SMILES string of the molecule is CN=C(NCc1ccccn1)NCC1CCCCCCC1.I. The Hall–Kier alpha value is -0.850. The topological polar surface area (TPSA) is 49.3 Å². The highest BCUT2D eigenvalue weighted by Crippen LogP contribution is 2.21. The molecule has 1 aromatic rings. The Balaban J connectivity index is 0.00000242. The van der Waals surface area contributed by atoms with E-state index < -0.39 is 0 Å². The first-order valence-corrected chi connectivity index (χ1v) is 8.23. The summed E-state index contributed by atoms with van der Waals surface area (Å²) >= 11 is 0. The zero-order chi connectivity index (χ0) is 14.8. The van der Waals surface area contributed by atoms with Gasteiger partial charge in [-0.15, -0.1) is 24.0 Å². The van der Waals surface area contributed by atoms with Crippen molar-refractivity contribution in [3.8, 4) is 0 Å². The van der Waals surface area contributed by atoms with Crippen LogP contribution in [0.5, 0.6) is 0 Å². The third-order valence-electron chi connectivity index (χ3n) is 4.17. The van der Waals surface area contributed by atoms with Crippen LogP contribution in [0.1, 0.15) is 50.6 Å². The van der Waals surface area contributed by atoms with Crippen LogP contribution in [0.2, 0.25) is 0 Å². The first-order chi connectivity index (χ1) is 10.4. The first kappa shape index (κ1) is 19.2. The monoisotopic (exact) mass is 416 g/mol. The second-order valence-electron chi connectivity index (χ2n) is 5.84. The van der Waals surface area contributed by atoms with Gasteiger partial charge in [-0.3, -0.25) is 9.98 Å². The maximum absolute atomic E-state index is 4.31. The molecule has 1 aliphatic rings. The lowest BCUT2D eigenvalue weighted by molar-refractivity contribution is 0.375. The highest BCUT2D eigenvalue weighted by Gasteiger charge is 2.11. The van der Waals surface area contributed by atoms with Crippen molar-refractivity contribution in [2.75, 3.05) is 13.6 Å². The van der Waals surface area contributed by atoms with Gasteiger partial charge in [0.2, 0.25) is 0 Å². The smallest absolute Gasteiger partial charge is 0.191 e. The minimum absolute atomic E-state index is 0. The molecule has 2 rings (SSSR count). The Morgan fingerprint density at radius 2 is 1.86 bits per heavy atom. The number of hydrogen-bond donors (Lipinski definition) is 2. The van der Waals surface area contributed by atoms with Gasteiger partial charge in [-0.2, -0.15) is 0 Å². The minimum atomic E-state index is 0. The summed E-state index contributed by atoms with van der Waals surface area (Å²) in [4.78, 5) is 8.61. The average molecular weight is 416 g/mol. The molecule has 0 bridgehead atoms. The first-order valence-electron chi connectivity index (χ1n) is 8.23. The zero-order valence-corrected chi connectivity index (χ0v) is 15.9. The molecule has 2 N–H and O–H groups in total. The third-order valence-corrected chi connectivity index (χ3v) is 4.17. The normalized spacial score (nSPS) is 17.0. The van der Waals surface area contributed by atoms with Crippen LogP contribution in [0.4, 0.5) is 0 Å². The van der Waals surface area contributed by atoms with E-state index in [2.05, 4.69) is 20.6 Å². The second-order valence-corrected chi connectivity index (χ2v) is 5.84. The second kappa shape index (κ2) is 11.7. The van der Waals surface area contributed by atoms with Gasteiger partial charge in [0.05, 0.1) is 12.2 Å². The van der Waals surface area contributed by atoms with E-state index >= 15 is 0 Å². The number of rotatable bonds is 4. The maximum atomic E-state index is 4.31. The predicted molar refractivity (Wildman–Crippen MR) is 104 cm³/mol. The summed E-state index contributed by atoms with van der Waals surface area (Å²) in [7, 11) is 1.83. The Morgan fingerprint density at radius 3 is 2.50 bits per heavy atom. The lowest BCUT2D eigenvalue weighted by atomic mass is 9.91. The van der Waals surface area contributed by atoms with Gasteiger partial charge in [0.15, 0.2) is 5.96 Å². The summed E-state index contributed by atoms with van der Waals surface area (Å²) in [6.07, 6.45) is 11.5. The van der Waals surface area contributed by atoms with E-state index in [0.717, 1.165) is 24.1 Å². The van der Waals surface area contributed by atoms with Gasteiger partial charge in [-0.1, -0.05) is 38.2 Å². The van der Waals surface area contributed by atoms with E-state index in [4.69, 9.17) is 0 Å². The van der Waals surface area contributed by atoms with Crippen molar-refractivity contribution >= 4 is 29.9 Å². The number of nitrogens with one attached hydrogen (secondary N) is 2. The summed E-state index contributed by atoms with van der Waals surface area (Å²) in [6.45, 7) is 1.74. The van der Waals surface area contributed by atoms with Crippen LogP contribution in [0.15, 0.2) is 29.4 Å². The van der Waals surface area contributed by atoms with E-state index in [9.17, 15) is 0 Å². The van der Waals surface area contributed by atoms with Crippen LogP contribution in [0, 0.1) is 5.92 Å². The molecular formula is C17H29IN4. The van der Waals surface area contributed by atoms with Crippen molar-refractivity contribution in [2.45, 2.75) is 51.5 Å². The number of pyridine rings is 1. The van der Waals surface area contributed by atoms with Crippen molar-refractivity contribution in [1.29, 1.82) is 0 Å². The lowest BCUT2D eigenvalue weighted by Gasteiger charge is -2.21. The molecular weight excluding hydrogens is 387 g/mol. The van der Waals surface area contributed by atoms with Crippen molar-refractivity contribution in [3.05, 3.63) is 30.1 Å². The van der Waals surface area contributed by atoms with E-state index in [1.807, 2.05) is 31.4 Å². The Kier molecular flexibility index (Phi) is 10.2. The van der Waals surface area contributed by atoms with Gasteiger partial charge in [-0.25, -0.2) is 0 Å². The van der Waals surface area contributed by atoms with Gasteiger partial charge >= 0.3 is 0 Å². The number of nitrogens with zero attached hydrogens (tertiary/aromatic N) is 2. The van der Waals surface area contributed by atoms with Crippen LogP contribution in [0.3, 0.4) is 0 Å². The molecule has 0 aliphatic heterocycles. The molecule has 0 aromatic carbocycles. The van der Waals surface area contributed by atoms with Gasteiger partial charge in [-0.05, 0) is 30.9 Å². The van der Waals surface area contributed by atoms with Crippen molar-refractivity contribution in [1.82, 2.24) is 15.6 Å². The van der Waals surface area contributed by atoms with E-state index in [1.54, 1.807) is 0 Å². The fourth-order valence-corrected chi connectivity index (χ4v) is 2.88. The van der Waals surface area contributed by atoms with Crippen LogP contribution in [-0.4, -0.2) is 24.5 Å². The molecule has 1 saturated carbocycles. The summed E-state index contributed by atoms with van der Waals surface area (Å²) in [5, 5.41) is 6.80. The molecule has 124 valence electrons. The third kappa shape index (κ3) is 7.42. The molecule has 0 unspecified atom stereocenters. The van der Waals surface area contributed by atoms with Crippen LogP contribution in [0.25, 0.3) is 0 Å². The lowest BCUT2D eigenvalue weighted by Crippen LogP contribution is -2.39. The van der Waals surface area contributed by atoms with Crippen molar-refractivity contribution < 1.29 is 0 Å². The van der Waals surface area contributed by atoms with E-state index in [1.165, 1.54) is 44.9 Å². The highest BCUT2D eigenvalue weighted by atomic mass is 127. The summed E-state index contributed by atoms with van der Waals surface area (Å²) in [5.41, 5.74) is 1.03. The highest BCUT2D eigenvalue weighted by molar-refractivity contribution is 14.0. The van der Waals surface area contributed by atoms with Gasteiger partial charge in [0, 0.05) is 19.8 Å². The minimum Gasteiger partial charge on any atom is -0.356 e. The average Bonchev–Trinajstić information content (AvgIpc) is 2.50. The summed E-state index contributed by atoms with van der Waals surface area (Å²) < 4.78 is 0. The fourth-order valence-electron chi connectivity index (χ4n) is 2.88. The molecule has 4 nitrogen and oxygen atoms in total. The quantitative estimate of drug-likeness (QED) is 0.447. The summed E-state index contributed by atoms with van der Waals surface area (Å²) in [5.74, 6) is 1.67. The molecule has 0 saturated heterocycles. The Bertz CT molecular complexity index is 414. The number of aliphatic imine (C=N–C) groups is 1. The predicted octanol–water partition coefficient (Wildman–Crippen LogP) is 3.73. The fraction of sp³-hybridized carbons (Fsp3) is 0.647. The molecule has 1 aromatic heterocycles. The molecule has 1 heterocycles. The van der Waals surface area contributed by atoms with Crippen LogP contribution < -0.4 is 10.6 Å². The molecule has 0 atom stereocenters. The molecule has 0 spiro atoms. The Morgan fingerprint density at radius 1 is 1.14 bits per heavy atom. The van der Waals surface area contributed by atoms with E-state index in [0.29, 0.717) is 6.54 Å². The molecule has 5 heteroatoms. The zero-order valence-electron chi connectivity index (χ0n) is 13.6. The molecule has 1 aliphatic carbocycles. The standard InChI is InChI=1S/C17H28N4.HI/c1-18-17(21-14-16-11-7-8-12-19-16)20-13-15-9-5-3-2-4-6-10-15;/h7-8,11-12,15H,2-6,9-10,13-14H2,1H3,(H2,18,20,21);1H. The number of hydrogen-bond acceptors (Lipinski definition) is 2. The van der Waals surface area contributed by atoms with Crippen LogP contribution >= 0.6 is 24.0 Å². The Labute approximate surface area is 151 Å². The van der Waals surface area contributed by atoms with Gasteiger partial charge in [0.1, 0.15) is 0 Å². The number of aromatic nitrogens is 1. The van der Waals surface area contributed by atoms with E-state index in [-0.39, 0.29) is 24.0 Å². The largest absolute Gasteiger partial charge is 0.356 e. The summed E-state index contributed by atoms with van der Waals surface area (Å²) in [6, 6.07) is 5.97. The van der Waals surface area contributed by atoms with Gasteiger partial charge < -0.3 is 10.6 Å². The molecule has 0 amide bonds. The van der Waals surface area contributed by atoms with Crippen molar-refractivity contribution in [3.63, 3.8) is 0 Å². The van der Waals surface area contributed by atoms with Crippen molar-refractivity contribution in [2.24, 2.45) is 10.9 Å². The number of halogens is 1. The molecule has 22 heavy (non-hydrogen) atoms. The molecule has 0 radical (unpaired) electrons. The number of guanidine groups is 1. The van der Waals surface area contributed by atoms with Crippen LogP contribution in [-0.2, 0) is 6.54 Å². The maximum Gasteiger partial charge on any atom is 0.191 e.